The number of halogens is 1. The van der Waals surface area contributed by atoms with E-state index in [2.05, 4.69) is 36.1 Å². The summed E-state index contributed by atoms with van der Waals surface area (Å²) >= 11 is 7.89. The van der Waals surface area contributed by atoms with Gasteiger partial charge in [0.25, 0.3) is 0 Å². The van der Waals surface area contributed by atoms with Crippen LogP contribution in [-0.4, -0.2) is 17.0 Å². The molecule has 1 N–H and O–H groups in total. The highest BCUT2D eigenvalue weighted by molar-refractivity contribution is 8.00. The van der Waals surface area contributed by atoms with Crippen molar-refractivity contribution in [2.24, 2.45) is 0 Å². The molecule has 15 heavy (non-hydrogen) atoms. The smallest absolute Gasteiger partial charge is 0.0406 e. The zero-order chi connectivity index (χ0) is 10.7. The van der Waals surface area contributed by atoms with Gasteiger partial charge in [-0.15, -0.1) is 0 Å². The molecule has 2 unspecified atom stereocenters. The molecule has 0 aliphatic carbocycles. The third-order valence-corrected chi connectivity index (χ3v) is 4.31. The van der Waals surface area contributed by atoms with Crippen molar-refractivity contribution < 1.29 is 0 Å². The van der Waals surface area contributed by atoms with Gasteiger partial charge in [0.15, 0.2) is 0 Å². The molecule has 82 valence electrons. The van der Waals surface area contributed by atoms with Gasteiger partial charge in [-0.05, 0) is 24.1 Å². The van der Waals surface area contributed by atoms with Crippen molar-refractivity contribution in [1.82, 2.24) is 5.32 Å². The molecule has 1 aliphatic heterocycles. The lowest BCUT2D eigenvalue weighted by atomic mass is 10.1. The van der Waals surface area contributed by atoms with E-state index in [1.54, 1.807) is 0 Å². The molecule has 1 nitrogen and oxygen atoms in total. The van der Waals surface area contributed by atoms with Gasteiger partial charge in [-0.1, -0.05) is 30.7 Å². The summed E-state index contributed by atoms with van der Waals surface area (Å²) in [5.74, 6) is 1.24. The fourth-order valence-electron chi connectivity index (χ4n) is 1.82. The summed E-state index contributed by atoms with van der Waals surface area (Å²) in [4.78, 5) is 0. The Morgan fingerprint density at radius 2 is 2.13 bits per heavy atom. The van der Waals surface area contributed by atoms with Gasteiger partial charge in [-0.3, -0.25) is 0 Å². The first kappa shape index (κ1) is 11.3. The maximum absolute atomic E-state index is 5.83. The van der Waals surface area contributed by atoms with Gasteiger partial charge in [0.05, 0.1) is 0 Å². The first-order chi connectivity index (χ1) is 7.24. The minimum absolute atomic E-state index is 0.681. The third kappa shape index (κ3) is 3.40. The summed E-state index contributed by atoms with van der Waals surface area (Å²) < 4.78 is 0. The quantitative estimate of drug-likeness (QED) is 0.872. The lowest BCUT2D eigenvalue weighted by molar-refractivity contribution is 0.538. The lowest BCUT2D eigenvalue weighted by Crippen LogP contribution is -2.28. The minimum Gasteiger partial charge on any atom is -0.309 e. The van der Waals surface area contributed by atoms with Crippen molar-refractivity contribution in [2.75, 3.05) is 5.75 Å². The number of hydrogen-bond acceptors (Lipinski definition) is 2. The monoisotopic (exact) mass is 241 g/mol. The van der Waals surface area contributed by atoms with Crippen LogP contribution < -0.4 is 5.32 Å². The molecule has 0 aromatic heterocycles. The van der Waals surface area contributed by atoms with Crippen molar-refractivity contribution in [3.63, 3.8) is 0 Å². The standard InChI is InChI=1S/C12H16ClNS/c1-9-6-12(8-15-9)14-7-10-2-4-11(13)5-3-10/h2-5,9,12,14H,6-8H2,1H3. The summed E-state index contributed by atoms with van der Waals surface area (Å²) in [6, 6.07) is 8.75. The van der Waals surface area contributed by atoms with E-state index in [1.165, 1.54) is 17.7 Å². The Morgan fingerprint density at radius 1 is 1.40 bits per heavy atom. The average molecular weight is 242 g/mol. The normalized spacial score (nSPS) is 25.7. The van der Waals surface area contributed by atoms with Gasteiger partial charge >= 0.3 is 0 Å². The Labute approximate surface area is 101 Å². The van der Waals surface area contributed by atoms with Gasteiger partial charge in [0, 0.05) is 28.6 Å². The molecule has 3 heteroatoms. The van der Waals surface area contributed by atoms with E-state index in [4.69, 9.17) is 11.6 Å². The van der Waals surface area contributed by atoms with Gasteiger partial charge in [-0.25, -0.2) is 0 Å². The van der Waals surface area contributed by atoms with Gasteiger partial charge in [0.1, 0.15) is 0 Å². The van der Waals surface area contributed by atoms with E-state index >= 15 is 0 Å². The predicted molar refractivity (Wildman–Crippen MR) is 68.6 cm³/mol. The summed E-state index contributed by atoms with van der Waals surface area (Å²) in [5.41, 5.74) is 1.31. The van der Waals surface area contributed by atoms with Crippen LogP contribution in [0.3, 0.4) is 0 Å². The molecule has 1 aromatic rings. The Bertz CT molecular complexity index is 312. The number of rotatable bonds is 3. The Balaban J connectivity index is 1.80. The number of benzene rings is 1. The molecule has 1 fully saturated rings. The van der Waals surface area contributed by atoms with E-state index < -0.39 is 0 Å². The topological polar surface area (TPSA) is 12.0 Å². The van der Waals surface area contributed by atoms with Crippen LogP contribution in [0.4, 0.5) is 0 Å². The second-order valence-corrected chi connectivity index (χ2v) is 5.99. The van der Waals surface area contributed by atoms with Crippen LogP contribution in [0, 0.1) is 0 Å². The fraction of sp³-hybridized carbons (Fsp3) is 0.500. The maximum atomic E-state index is 5.83. The first-order valence-corrected chi connectivity index (χ1v) is 6.76. The van der Waals surface area contributed by atoms with Crippen molar-refractivity contribution in [3.05, 3.63) is 34.9 Å². The minimum atomic E-state index is 0.681. The number of thioether (sulfide) groups is 1. The van der Waals surface area contributed by atoms with Crippen LogP contribution in [0.25, 0.3) is 0 Å². The van der Waals surface area contributed by atoms with Gasteiger partial charge < -0.3 is 5.32 Å². The van der Waals surface area contributed by atoms with Crippen molar-refractivity contribution in [3.8, 4) is 0 Å². The van der Waals surface area contributed by atoms with Crippen molar-refractivity contribution in [2.45, 2.75) is 31.2 Å². The Kier molecular flexibility index (Phi) is 3.95. The highest BCUT2D eigenvalue weighted by atomic mass is 35.5. The second kappa shape index (κ2) is 5.24. The van der Waals surface area contributed by atoms with E-state index in [9.17, 15) is 0 Å². The molecule has 0 radical (unpaired) electrons. The molecule has 0 spiro atoms. The van der Waals surface area contributed by atoms with E-state index in [1.807, 2.05) is 12.1 Å². The first-order valence-electron chi connectivity index (χ1n) is 5.33. The van der Waals surface area contributed by atoms with E-state index in [0.717, 1.165) is 16.8 Å². The second-order valence-electron chi connectivity index (χ2n) is 4.08. The molecule has 1 aromatic carbocycles. The number of nitrogens with one attached hydrogen (secondary N) is 1. The molecule has 0 saturated carbocycles. The number of hydrogen-bond donors (Lipinski definition) is 1. The van der Waals surface area contributed by atoms with Crippen LogP contribution in [-0.2, 0) is 6.54 Å². The SMILES string of the molecule is CC1CC(NCc2ccc(Cl)cc2)CS1. The van der Waals surface area contributed by atoms with E-state index in [0.29, 0.717) is 6.04 Å². The van der Waals surface area contributed by atoms with Crippen LogP contribution in [0.5, 0.6) is 0 Å². The van der Waals surface area contributed by atoms with Crippen molar-refractivity contribution in [1.29, 1.82) is 0 Å². The van der Waals surface area contributed by atoms with Gasteiger partial charge in [-0.2, -0.15) is 11.8 Å². The predicted octanol–water partition coefficient (Wildman–Crippen LogP) is 3.32. The molecule has 0 bridgehead atoms. The van der Waals surface area contributed by atoms with Crippen LogP contribution in [0.2, 0.25) is 5.02 Å². The Hall–Kier alpha value is -0.180. The zero-order valence-corrected chi connectivity index (χ0v) is 10.4. The molecule has 1 heterocycles. The molecule has 2 atom stereocenters. The van der Waals surface area contributed by atoms with Crippen molar-refractivity contribution >= 4 is 23.4 Å². The highest BCUT2D eigenvalue weighted by Gasteiger charge is 2.20. The largest absolute Gasteiger partial charge is 0.309 e. The molecular weight excluding hydrogens is 226 g/mol. The molecule has 0 amide bonds. The van der Waals surface area contributed by atoms with E-state index in [-0.39, 0.29) is 0 Å². The Morgan fingerprint density at radius 3 is 2.73 bits per heavy atom. The molecule has 1 aliphatic rings. The summed E-state index contributed by atoms with van der Waals surface area (Å²) in [5, 5.41) is 5.21. The summed E-state index contributed by atoms with van der Waals surface area (Å²) in [7, 11) is 0. The van der Waals surface area contributed by atoms with Crippen LogP contribution >= 0.6 is 23.4 Å². The average Bonchev–Trinajstić information content (AvgIpc) is 2.64. The summed E-state index contributed by atoms with van der Waals surface area (Å²) in [6.45, 7) is 3.25. The lowest BCUT2D eigenvalue weighted by Gasteiger charge is -2.11. The van der Waals surface area contributed by atoms with Crippen LogP contribution in [0.15, 0.2) is 24.3 Å². The van der Waals surface area contributed by atoms with Gasteiger partial charge in [0.2, 0.25) is 0 Å². The molecular formula is C12H16ClNS. The zero-order valence-electron chi connectivity index (χ0n) is 8.87. The highest BCUT2D eigenvalue weighted by Crippen LogP contribution is 2.26. The molecule has 2 rings (SSSR count). The maximum Gasteiger partial charge on any atom is 0.0406 e. The van der Waals surface area contributed by atoms with Crippen LogP contribution in [0.1, 0.15) is 18.9 Å². The summed E-state index contributed by atoms with van der Waals surface area (Å²) in [6.07, 6.45) is 1.29. The fourth-order valence-corrected chi connectivity index (χ4v) is 3.13. The third-order valence-electron chi connectivity index (χ3n) is 2.71. The molecule has 1 saturated heterocycles.